The zero-order chi connectivity index (χ0) is 35.3. The van der Waals surface area contributed by atoms with Crippen molar-refractivity contribution in [3.8, 4) is 44.5 Å². The van der Waals surface area contributed by atoms with Gasteiger partial charge in [-0.25, -0.2) is 0 Å². The summed E-state index contributed by atoms with van der Waals surface area (Å²) >= 11 is 0. The molecule has 0 unspecified atom stereocenters. The van der Waals surface area contributed by atoms with Gasteiger partial charge in [-0.3, -0.25) is 0 Å². The molecule has 0 spiro atoms. The predicted octanol–water partition coefficient (Wildman–Crippen LogP) is 12.8. The highest BCUT2D eigenvalue weighted by Crippen LogP contribution is 2.56. The number of rotatable bonds is 2. The van der Waals surface area contributed by atoms with Crippen LogP contribution in [0.3, 0.4) is 0 Å². The SMILES string of the molecule is CC1(C)c2ccccc2-c2cc(N)cc(-c3ccc4c5ccc(-c6cc(N)cc7c6C(C)(C)c6ccccc6-7)c6cccc(c7cccc3c74)c65)c21. The lowest BCUT2D eigenvalue weighted by Gasteiger charge is -2.26. The van der Waals surface area contributed by atoms with Crippen molar-refractivity contribution in [1.82, 2.24) is 0 Å². The topological polar surface area (TPSA) is 52.0 Å². The minimum atomic E-state index is -0.153. The maximum atomic E-state index is 6.71. The first-order chi connectivity index (χ1) is 25.1. The van der Waals surface area contributed by atoms with Crippen LogP contribution in [0.1, 0.15) is 49.9 Å². The van der Waals surface area contributed by atoms with Crippen molar-refractivity contribution < 1.29 is 0 Å². The molecule has 4 N–H and O–H groups in total. The highest BCUT2D eigenvalue weighted by atomic mass is 14.6. The molecule has 2 heteroatoms. The van der Waals surface area contributed by atoms with Gasteiger partial charge in [0.1, 0.15) is 0 Å². The van der Waals surface area contributed by atoms with Gasteiger partial charge in [0.15, 0.2) is 0 Å². The van der Waals surface area contributed by atoms with E-state index in [4.69, 9.17) is 11.5 Å². The Hall–Kier alpha value is -6.12. The van der Waals surface area contributed by atoms with Crippen LogP contribution in [-0.4, -0.2) is 0 Å². The molecule has 11 rings (SSSR count). The highest BCUT2D eigenvalue weighted by Gasteiger charge is 2.39. The molecule has 0 amide bonds. The first-order valence-electron chi connectivity index (χ1n) is 18.4. The Bertz CT molecular complexity index is 2810. The smallest absolute Gasteiger partial charge is 0.0326 e. The first-order valence-corrected chi connectivity index (χ1v) is 18.4. The van der Waals surface area contributed by atoms with Crippen molar-refractivity contribution in [3.05, 3.63) is 156 Å². The van der Waals surface area contributed by atoms with Crippen molar-refractivity contribution in [3.63, 3.8) is 0 Å². The number of fused-ring (bicyclic) bond motifs is 8. The summed E-state index contributed by atoms with van der Waals surface area (Å²) in [5.41, 5.74) is 30.1. The summed E-state index contributed by atoms with van der Waals surface area (Å²) in [5.74, 6) is 0. The van der Waals surface area contributed by atoms with Crippen LogP contribution in [0.2, 0.25) is 0 Å². The number of anilines is 2. The van der Waals surface area contributed by atoms with Gasteiger partial charge in [0.2, 0.25) is 0 Å². The van der Waals surface area contributed by atoms with Crippen molar-refractivity contribution in [2.45, 2.75) is 38.5 Å². The van der Waals surface area contributed by atoms with Gasteiger partial charge in [0, 0.05) is 22.2 Å². The monoisotopic (exact) mass is 666 g/mol. The van der Waals surface area contributed by atoms with Gasteiger partial charge in [-0.2, -0.15) is 0 Å². The average molecular weight is 667 g/mol. The summed E-state index contributed by atoms with van der Waals surface area (Å²) in [4.78, 5) is 0. The van der Waals surface area contributed by atoms with Crippen LogP contribution >= 0.6 is 0 Å². The fourth-order valence-electron chi connectivity index (χ4n) is 10.5. The van der Waals surface area contributed by atoms with Crippen molar-refractivity contribution in [1.29, 1.82) is 0 Å². The van der Waals surface area contributed by atoms with E-state index in [-0.39, 0.29) is 10.8 Å². The summed E-state index contributed by atoms with van der Waals surface area (Å²) in [5, 5.41) is 10.2. The third-order valence-corrected chi connectivity index (χ3v) is 12.6. The normalized spacial score (nSPS) is 15.0. The summed E-state index contributed by atoms with van der Waals surface area (Å²) in [6, 6.07) is 49.4. The second-order valence-electron chi connectivity index (χ2n) is 16.1. The molecule has 2 nitrogen and oxygen atoms in total. The van der Waals surface area contributed by atoms with Crippen LogP contribution in [0, 0.1) is 0 Å². The van der Waals surface area contributed by atoms with Gasteiger partial charge in [0.25, 0.3) is 0 Å². The first kappa shape index (κ1) is 29.6. The minimum Gasteiger partial charge on any atom is -0.399 e. The van der Waals surface area contributed by atoms with Crippen molar-refractivity contribution in [2.24, 2.45) is 0 Å². The van der Waals surface area contributed by atoms with E-state index in [1.165, 1.54) is 110 Å². The lowest BCUT2D eigenvalue weighted by molar-refractivity contribution is 0.662. The molecule has 9 aromatic rings. The molecular weight excluding hydrogens is 629 g/mol. The minimum absolute atomic E-state index is 0.153. The van der Waals surface area contributed by atoms with Gasteiger partial charge in [-0.15, -0.1) is 0 Å². The molecule has 9 aromatic carbocycles. The third kappa shape index (κ3) is 3.59. The Morgan fingerprint density at radius 2 is 0.673 bits per heavy atom. The van der Waals surface area contributed by atoms with E-state index < -0.39 is 0 Å². The molecule has 0 heterocycles. The van der Waals surface area contributed by atoms with Gasteiger partial charge in [-0.05, 0) is 134 Å². The molecular formula is C50H38N2. The number of hydrogen-bond acceptors (Lipinski definition) is 2. The van der Waals surface area contributed by atoms with Crippen LogP contribution in [0.25, 0.3) is 87.6 Å². The van der Waals surface area contributed by atoms with Crippen LogP contribution in [-0.2, 0) is 10.8 Å². The fourth-order valence-corrected chi connectivity index (χ4v) is 10.5. The van der Waals surface area contributed by atoms with E-state index in [1.54, 1.807) is 0 Å². The van der Waals surface area contributed by atoms with Crippen molar-refractivity contribution in [2.75, 3.05) is 11.5 Å². The maximum Gasteiger partial charge on any atom is 0.0326 e. The van der Waals surface area contributed by atoms with E-state index in [0.717, 1.165) is 11.4 Å². The molecule has 2 aliphatic carbocycles. The van der Waals surface area contributed by atoms with Crippen LogP contribution in [0.5, 0.6) is 0 Å². The molecule has 0 saturated heterocycles. The Morgan fingerprint density at radius 3 is 1.10 bits per heavy atom. The fraction of sp³-hybridized carbons (Fsp3) is 0.120. The Balaban J connectivity index is 1.19. The maximum absolute atomic E-state index is 6.71. The summed E-state index contributed by atoms with van der Waals surface area (Å²) in [6.07, 6.45) is 0. The number of benzene rings is 9. The van der Waals surface area contributed by atoms with E-state index in [9.17, 15) is 0 Å². The molecule has 0 fully saturated rings. The molecule has 0 bridgehead atoms. The van der Waals surface area contributed by atoms with Gasteiger partial charge < -0.3 is 11.5 Å². The standard InChI is InChI=1S/C50H38N2/c1-49(2)43-17-7-5-11-31(43)41-25-27(51)23-39(47(41)49)29-19-21-37-38-22-20-30(34-14-10-16-36(46(34)38)35-15-9-13-33(29)45(35)37)40-24-28(52)26-42-32-12-6-8-18-44(32)50(3,4)48(40)42/h5-26H,51-52H2,1-4H3. The second kappa shape index (κ2) is 9.80. The molecule has 248 valence electrons. The quantitative estimate of drug-likeness (QED) is 0.110. The largest absolute Gasteiger partial charge is 0.399 e. The second-order valence-corrected chi connectivity index (χ2v) is 16.1. The van der Waals surface area contributed by atoms with E-state index in [2.05, 4.69) is 161 Å². The number of nitrogen functional groups attached to an aromatic ring is 2. The molecule has 0 aliphatic heterocycles. The molecule has 52 heavy (non-hydrogen) atoms. The van der Waals surface area contributed by atoms with Crippen LogP contribution in [0.4, 0.5) is 11.4 Å². The number of hydrogen-bond donors (Lipinski definition) is 2. The molecule has 2 aliphatic rings. The Labute approximate surface area is 303 Å². The molecule has 0 radical (unpaired) electrons. The molecule has 0 saturated carbocycles. The third-order valence-electron chi connectivity index (χ3n) is 12.6. The molecule has 0 atom stereocenters. The van der Waals surface area contributed by atoms with Crippen molar-refractivity contribution >= 4 is 54.5 Å². The van der Waals surface area contributed by atoms with E-state index >= 15 is 0 Å². The van der Waals surface area contributed by atoms with Crippen LogP contribution in [0.15, 0.2) is 133 Å². The average Bonchev–Trinajstić information content (AvgIpc) is 3.52. The molecule has 0 aromatic heterocycles. The summed E-state index contributed by atoms with van der Waals surface area (Å²) in [6.45, 7) is 9.41. The lowest BCUT2D eigenvalue weighted by atomic mass is 9.77. The zero-order valence-corrected chi connectivity index (χ0v) is 29.9. The predicted molar refractivity (Wildman–Crippen MR) is 222 cm³/mol. The van der Waals surface area contributed by atoms with E-state index in [1.807, 2.05) is 0 Å². The number of nitrogens with two attached hydrogens (primary N) is 2. The van der Waals surface area contributed by atoms with E-state index in [0.29, 0.717) is 0 Å². The summed E-state index contributed by atoms with van der Waals surface area (Å²) in [7, 11) is 0. The summed E-state index contributed by atoms with van der Waals surface area (Å²) < 4.78 is 0. The zero-order valence-electron chi connectivity index (χ0n) is 29.9. The lowest BCUT2D eigenvalue weighted by Crippen LogP contribution is -2.16. The van der Waals surface area contributed by atoms with Gasteiger partial charge in [-0.1, -0.05) is 137 Å². The van der Waals surface area contributed by atoms with Gasteiger partial charge >= 0.3 is 0 Å². The Morgan fingerprint density at radius 1 is 0.327 bits per heavy atom. The van der Waals surface area contributed by atoms with Crippen LogP contribution < -0.4 is 11.5 Å². The van der Waals surface area contributed by atoms with Gasteiger partial charge in [0.05, 0.1) is 0 Å². The highest BCUT2D eigenvalue weighted by molar-refractivity contribution is 6.35. The Kier molecular flexibility index (Phi) is 5.58.